The van der Waals surface area contributed by atoms with Crippen molar-refractivity contribution in [1.29, 1.82) is 0 Å². The van der Waals surface area contributed by atoms with Gasteiger partial charge in [0.2, 0.25) is 11.8 Å². The molecule has 3 aliphatic rings. The van der Waals surface area contributed by atoms with Gasteiger partial charge in [0.1, 0.15) is 0 Å². The van der Waals surface area contributed by atoms with Gasteiger partial charge in [-0.15, -0.1) is 0 Å². The van der Waals surface area contributed by atoms with E-state index in [0.717, 1.165) is 12.0 Å². The number of hydrogen-bond acceptors (Lipinski definition) is 3. The lowest BCUT2D eigenvalue weighted by Crippen LogP contribution is -2.37. The number of hydrogen-bond donors (Lipinski definition) is 1. The highest BCUT2D eigenvalue weighted by Gasteiger charge is 2.66. The second kappa shape index (κ2) is 7.71. The Balaban J connectivity index is 1.36. The molecule has 1 saturated heterocycles. The molecular weight excluding hydrogens is 548 g/mol. The molecule has 0 unspecified atom stereocenters. The van der Waals surface area contributed by atoms with Crippen LogP contribution in [0.15, 0.2) is 42.5 Å². The summed E-state index contributed by atoms with van der Waals surface area (Å²) >= 11 is 13.5. The van der Waals surface area contributed by atoms with Crippen LogP contribution in [0.5, 0.6) is 0 Å². The van der Waals surface area contributed by atoms with Gasteiger partial charge in [-0.3, -0.25) is 19.3 Å². The Morgan fingerprint density at radius 1 is 1.00 bits per heavy atom. The number of amides is 3. The quantitative estimate of drug-likeness (QED) is 0.411. The minimum Gasteiger partial charge on any atom is -0.322 e. The van der Waals surface area contributed by atoms with E-state index in [2.05, 4.69) is 37.2 Å². The van der Waals surface area contributed by atoms with Crippen LogP contribution in [0.25, 0.3) is 0 Å². The summed E-state index contributed by atoms with van der Waals surface area (Å²) in [7, 11) is 0. The molecule has 2 saturated carbocycles. The Kier molecular flexibility index (Phi) is 5.26. The van der Waals surface area contributed by atoms with Crippen molar-refractivity contribution in [3.05, 3.63) is 58.6 Å². The predicted octanol–water partition coefficient (Wildman–Crippen LogP) is 5.18. The van der Waals surface area contributed by atoms with E-state index in [0.29, 0.717) is 22.0 Å². The first kappa shape index (κ1) is 21.2. The predicted molar refractivity (Wildman–Crippen MR) is 127 cm³/mol. The first-order valence-electron chi connectivity index (χ1n) is 10.1. The van der Waals surface area contributed by atoms with Crippen molar-refractivity contribution in [2.45, 2.75) is 23.0 Å². The van der Waals surface area contributed by atoms with Crippen LogP contribution in [0.4, 0.5) is 11.4 Å². The number of carbonyl (C=O) groups is 3. The minimum atomic E-state index is -0.282. The Morgan fingerprint density at radius 3 is 2.16 bits per heavy atom. The summed E-state index contributed by atoms with van der Waals surface area (Å²) in [6, 6.07) is 11.9. The van der Waals surface area contributed by atoms with Gasteiger partial charge in [-0.25, -0.2) is 0 Å². The molecule has 2 bridgehead atoms. The van der Waals surface area contributed by atoms with Crippen LogP contribution < -0.4 is 10.2 Å². The summed E-state index contributed by atoms with van der Waals surface area (Å²) < 4.78 is 0. The van der Waals surface area contributed by atoms with Crippen molar-refractivity contribution in [1.82, 2.24) is 0 Å². The smallest absolute Gasteiger partial charge is 0.255 e. The van der Waals surface area contributed by atoms with Crippen LogP contribution in [0.3, 0.4) is 0 Å². The number of carbonyl (C=O) groups excluding carboxylic acids is 3. The zero-order chi connectivity index (χ0) is 22.0. The maximum atomic E-state index is 13.1. The average Bonchev–Trinajstić information content (AvgIpc) is 3.36. The first-order chi connectivity index (χ1) is 14.8. The molecule has 2 aromatic carbocycles. The zero-order valence-corrected chi connectivity index (χ0v) is 20.4. The Bertz CT molecular complexity index is 1070. The van der Waals surface area contributed by atoms with Crippen molar-refractivity contribution in [2.24, 2.45) is 23.7 Å². The van der Waals surface area contributed by atoms with E-state index in [-0.39, 0.29) is 51.0 Å². The van der Waals surface area contributed by atoms with Crippen LogP contribution in [-0.4, -0.2) is 27.4 Å². The molecule has 31 heavy (non-hydrogen) atoms. The number of rotatable bonds is 3. The molecule has 5 nitrogen and oxygen atoms in total. The Hall–Kier alpha value is -1.70. The number of alkyl halides is 2. The summed E-state index contributed by atoms with van der Waals surface area (Å²) in [5.41, 5.74) is 2.38. The number of halogens is 3. The molecule has 3 amide bonds. The van der Waals surface area contributed by atoms with Crippen molar-refractivity contribution >= 4 is 72.6 Å². The van der Waals surface area contributed by atoms with Crippen LogP contribution in [-0.2, 0) is 9.59 Å². The Labute approximate surface area is 201 Å². The summed E-state index contributed by atoms with van der Waals surface area (Å²) in [5, 5.41) is 3.43. The third-order valence-electron chi connectivity index (χ3n) is 6.89. The van der Waals surface area contributed by atoms with Crippen LogP contribution >= 0.6 is 43.5 Å². The molecule has 160 valence electrons. The van der Waals surface area contributed by atoms with Gasteiger partial charge in [-0.2, -0.15) is 0 Å². The molecule has 1 N–H and O–H groups in total. The average molecular weight is 567 g/mol. The highest BCUT2D eigenvalue weighted by atomic mass is 79.9. The third-order valence-corrected chi connectivity index (χ3v) is 10.5. The number of nitrogens with zero attached hydrogens (tertiary/aromatic N) is 1. The van der Waals surface area contributed by atoms with Crippen molar-refractivity contribution in [2.75, 3.05) is 10.2 Å². The fraction of sp³-hybridized carbons (Fsp3) is 0.348. The molecular formula is C23H19Br2ClN2O3. The number of fused-ring (bicyclic) bond motifs is 5. The van der Waals surface area contributed by atoms with E-state index in [1.54, 1.807) is 42.5 Å². The highest BCUT2D eigenvalue weighted by Crippen LogP contribution is 2.60. The third kappa shape index (κ3) is 3.19. The van der Waals surface area contributed by atoms with Gasteiger partial charge in [0, 0.05) is 25.9 Å². The van der Waals surface area contributed by atoms with Gasteiger partial charge in [-0.1, -0.05) is 49.5 Å². The topological polar surface area (TPSA) is 66.5 Å². The first-order valence-corrected chi connectivity index (χ1v) is 12.3. The maximum Gasteiger partial charge on any atom is 0.255 e. The second-order valence-corrected chi connectivity index (χ2v) is 11.0. The SMILES string of the molecule is Cc1c(Cl)cccc1NC(=O)c1ccc(N2C(=O)[C@@H]3[C@H]4C[C@@H]([C@H](Br)[C@H]4Br)[C@H]3C2=O)cc1. The molecule has 8 heteroatoms. The van der Waals surface area contributed by atoms with Crippen molar-refractivity contribution in [3.8, 4) is 0 Å². The van der Waals surface area contributed by atoms with Crippen molar-refractivity contribution < 1.29 is 14.4 Å². The van der Waals surface area contributed by atoms with Gasteiger partial charge in [0.25, 0.3) is 5.91 Å². The van der Waals surface area contributed by atoms with E-state index < -0.39 is 0 Å². The number of benzene rings is 2. The van der Waals surface area contributed by atoms with Gasteiger partial charge < -0.3 is 5.32 Å². The molecule has 1 aliphatic heterocycles. The summed E-state index contributed by atoms with van der Waals surface area (Å²) in [6.45, 7) is 1.84. The van der Waals surface area contributed by atoms with E-state index in [1.165, 1.54) is 4.90 Å². The minimum absolute atomic E-state index is 0.127. The van der Waals surface area contributed by atoms with Gasteiger partial charge >= 0.3 is 0 Å². The standard InChI is InChI=1S/C23H19Br2ClN2O3/c1-10-15(26)3-2-4-16(10)27-21(29)11-5-7-12(8-6-11)28-22(30)17-13-9-14(18(17)23(28)31)20(25)19(13)24/h2-8,13-14,17-20H,9H2,1H3,(H,27,29)/t13-,14-,17-,18-,19+,20+/m1/s1. The lowest BCUT2D eigenvalue weighted by atomic mass is 9.81. The number of anilines is 2. The molecule has 2 aliphatic carbocycles. The fourth-order valence-electron chi connectivity index (χ4n) is 5.30. The van der Waals surface area contributed by atoms with E-state index >= 15 is 0 Å². The normalized spacial score (nSPS) is 31.3. The Morgan fingerprint density at radius 2 is 1.58 bits per heavy atom. The van der Waals surface area contributed by atoms with E-state index in [1.807, 2.05) is 6.92 Å². The number of nitrogens with one attached hydrogen (secondary N) is 1. The molecule has 1 heterocycles. The summed E-state index contributed by atoms with van der Waals surface area (Å²) in [4.78, 5) is 40.7. The van der Waals surface area contributed by atoms with Gasteiger partial charge in [0.05, 0.1) is 17.5 Å². The number of imide groups is 1. The molecule has 0 aromatic heterocycles. The van der Waals surface area contributed by atoms with Crippen LogP contribution in [0, 0.1) is 30.6 Å². The molecule has 2 aromatic rings. The van der Waals surface area contributed by atoms with Gasteiger partial charge in [-0.05, 0) is 67.1 Å². The molecule has 0 radical (unpaired) electrons. The zero-order valence-electron chi connectivity index (χ0n) is 16.5. The monoisotopic (exact) mass is 564 g/mol. The fourth-order valence-corrected chi connectivity index (χ4v) is 7.35. The molecule has 3 fully saturated rings. The van der Waals surface area contributed by atoms with Crippen molar-refractivity contribution in [3.63, 3.8) is 0 Å². The molecule has 0 spiro atoms. The summed E-state index contributed by atoms with van der Waals surface area (Å²) in [5.74, 6) is -0.709. The highest BCUT2D eigenvalue weighted by molar-refractivity contribution is 9.12. The molecule has 5 rings (SSSR count). The lowest BCUT2D eigenvalue weighted by Gasteiger charge is -2.28. The van der Waals surface area contributed by atoms with Crippen LogP contribution in [0.2, 0.25) is 5.02 Å². The van der Waals surface area contributed by atoms with Gasteiger partial charge in [0.15, 0.2) is 0 Å². The second-order valence-electron chi connectivity index (χ2n) is 8.43. The lowest BCUT2D eigenvalue weighted by molar-refractivity contribution is -0.123. The van der Waals surface area contributed by atoms with E-state index in [9.17, 15) is 14.4 Å². The van der Waals surface area contributed by atoms with Crippen LogP contribution in [0.1, 0.15) is 22.3 Å². The maximum absolute atomic E-state index is 13.1. The summed E-state index contributed by atoms with van der Waals surface area (Å²) in [6.07, 6.45) is 0.897. The largest absolute Gasteiger partial charge is 0.322 e. The molecule has 6 atom stereocenters. The van der Waals surface area contributed by atoms with E-state index in [4.69, 9.17) is 11.6 Å².